The highest BCUT2D eigenvalue weighted by atomic mass is 16.5. The van der Waals surface area contributed by atoms with Gasteiger partial charge in [0.05, 0.1) is 58.1 Å². The standard InChI is InChI=1S/C86H66N4O/c1-85(2,3)64-41-39-59(40-42-64)70-35-22-37-76-75-36-21-34-69(58-27-14-9-15-28-58)82(75)74-33-17-16-31-71(74)77-50-63(62-48-60(56-23-10-7-11-24-56)47-61(49-62)57-25-12-8-13-26-57)51-80-84(77)89(83(70)76)55-88(80)66-29-20-30-67(53-66)91-68-43-44-73-72-32-18-19-38-78(72)90(79(73)54-68)81-52-65(45-46-87-81)86(4,5)6/h7-54H,1-6H3/i7D,8D,9D,10D,11D,12D,13D,14D,15D,23D,24D,25D,26D,27D,28D,47D,48D,49D. The Morgan fingerprint density at radius 1 is 0.407 bits per heavy atom. The highest BCUT2D eigenvalue weighted by Crippen LogP contribution is 2.50. The molecule has 0 bridgehead atoms. The number of benzene rings is 12. The zero-order valence-electron chi connectivity index (χ0n) is 68.5. The molecule has 91 heavy (non-hydrogen) atoms. The average Bonchev–Trinajstić information content (AvgIpc) is 0.926. The van der Waals surface area contributed by atoms with Crippen molar-refractivity contribution in [1.29, 1.82) is 0 Å². The van der Waals surface area contributed by atoms with Crippen LogP contribution in [0.25, 0.3) is 139 Å². The Morgan fingerprint density at radius 3 is 1.69 bits per heavy atom. The number of hydrogen-bond acceptors (Lipinski definition) is 2. The van der Waals surface area contributed by atoms with E-state index in [1.165, 1.54) is 0 Å². The SMILES string of the molecule is [2H]c1c([2H])c([2H])c(-c2cccc3c2-c2ccccc2-c2cc(-c4c([2H])c(-c5c([2H])c([2H])c([2H])c([2H])c5[2H])c([2H])c(-c5c([2H])c([2H])c([2H])c([2H])c5[2H])c4[2H])cc4c2[n+]([c-]n4-c2cccc(Oc4ccc5c6ccccc6n(-c6cc(C(C)(C)C)ccn6)c5c4)c2)-c2c(-c4ccc(C(C)(C)C)cc4)cccc2-3)c([2H])c1[2H]. The number of rotatable bonds is 9. The molecule has 0 saturated heterocycles. The Morgan fingerprint density at radius 2 is 0.989 bits per heavy atom. The summed E-state index contributed by atoms with van der Waals surface area (Å²) in [6.07, 6.45) is 5.64. The maximum atomic E-state index is 10.5. The van der Waals surface area contributed by atoms with Gasteiger partial charge in [0.1, 0.15) is 17.3 Å². The van der Waals surface area contributed by atoms with E-state index < -0.39 is 131 Å². The van der Waals surface area contributed by atoms with Gasteiger partial charge in [-0.25, -0.2) is 4.98 Å². The van der Waals surface area contributed by atoms with Crippen molar-refractivity contribution in [3.63, 3.8) is 0 Å². The van der Waals surface area contributed by atoms with Gasteiger partial charge in [-0.15, -0.1) is 0 Å². The van der Waals surface area contributed by atoms with Crippen molar-refractivity contribution >= 4 is 32.8 Å². The number of hydrogen-bond donors (Lipinski definition) is 0. The van der Waals surface area contributed by atoms with Crippen LogP contribution in [0.4, 0.5) is 0 Å². The fourth-order valence-electron chi connectivity index (χ4n) is 12.6. The van der Waals surface area contributed by atoms with Gasteiger partial charge in [-0.2, -0.15) is 0 Å². The molecule has 0 radical (unpaired) electrons. The van der Waals surface area contributed by atoms with Crippen molar-refractivity contribution in [3.05, 3.63) is 308 Å². The van der Waals surface area contributed by atoms with Crippen LogP contribution in [0.3, 0.4) is 0 Å². The molecule has 1 aliphatic rings. The minimum atomic E-state index is -0.816. The van der Waals surface area contributed by atoms with Crippen LogP contribution in [0, 0.1) is 6.33 Å². The van der Waals surface area contributed by atoms with E-state index in [9.17, 15) is 12.3 Å². The summed E-state index contributed by atoms with van der Waals surface area (Å²) in [4.78, 5) is 4.91. The molecule has 0 atom stereocenters. The second-order valence-electron chi connectivity index (χ2n) is 24.7. The van der Waals surface area contributed by atoms with Crippen LogP contribution in [0.5, 0.6) is 11.5 Å². The molecule has 0 fully saturated rings. The number of imidazole rings is 1. The van der Waals surface area contributed by atoms with Crippen molar-refractivity contribution in [2.75, 3.05) is 0 Å². The van der Waals surface area contributed by atoms with Gasteiger partial charge in [0.15, 0.2) is 0 Å². The molecule has 16 rings (SSSR count). The average molecular weight is 1190 g/mol. The summed E-state index contributed by atoms with van der Waals surface area (Å²) in [5.41, 5.74) is 7.45. The van der Waals surface area contributed by atoms with Crippen LogP contribution >= 0.6 is 0 Å². The molecule has 0 unspecified atom stereocenters. The maximum absolute atomic E-state index is 10.5. The molecule has 12 aromatic carbocycles. The molecule has 0 spiro atoms. The Kier molecular flexibility index (Phi) is 9.37. The third-order valence-electron chi connectivity index (χ3n) is 17.0. The highest BCUT2D eigenvalue weighted by molar-refractivity contribution is 6.10. The third-order valence-corrected chi connectivity index (χ3v) is 17.0. The predicted molar refractivity (Wildman–Crippen MR) is 377 cm³/mol. The molecule has 436 valence electrons. The van der Waals surface area contributed by atoms with Crippen molar-refractivity contribution in [2.24, 2.45) is 0 Å². The van der Waals surface area contributed by atoms with Gasteiger partial charge >= 0.3 is 0 Å². The van der Waals surface area contributed by atoms with E-state index in [4.69, 9.17) is 22.1 Å². The van der Waals surface area contributed by atoms with Gasteiger partial charge in [-0.05, 0) is 184 Å². The first kappa shape index (κ1) is 39.0. The van der Waals surface area contributed by atoms with Gasteiger partial charge in [0.2, 0.25) is 0 Å². The molecule has 0 aliphatic carbocycles. The number of para-hydroxylation sites is 2. The van der Waals surface area contributed by atoms with Crippen molar-refractivity contribution in [3.8, 4) is 118 Å². The van der Waals surface area contributed by atoms with Crippen LogP contribution in [-0.2, 0) is 10.8 Å². The van der Waals surface area contributed by atoms with Gasteiger partial charge in [-0.1, -0.05) is 247 Å². The molecule has 3 aromatic heterocycles. The number of fused-ring (bicyclic) bond motifs is 10. The maximum Gasteiger partial charge on any atom is 0.269 e. The summed E-state index contributed by atoms with van der Waals surface area (Å²) >= 11 is 0. The molecular weight excluding hydrogens is 1100 g/mol. The normalized spacial score (nSPS) is 14.8. The summed E-state index contributed by atoms with van der Waals surface area (Å²) in [6, 6.07) is 43.2. The fourth-order valence-corrected chi connectivity index (χ4v) is 12.6. The number of aromatic nitrogens is 4. The Labute approximate surface area is 557 Å². The molecule has 0 N–H and O–H groups in total. The second-order valence-corrected chi connectivity index (χ2v) is 24.7. The Hall–Kier alpha value is -11.1. The first-order valence-electron chi connectivity index (χ1n) is 39.0. The summed E-state index contributed by atoms with van der Waals surface area (Å²) in [5, 5.41) is 1.99. The Balaban J connectivity index is 1.04. The monoisotopic (exact) mass is 1190 g/mol. The zero-order chi connectivity index (χ0) is 77.2. The summed E-state index contributed by atoms with van der Waals surface area (Å²) in [7, 11) is 0. The Bertz CT molecular complexity index is 6280. The van der Waals surface area contributed by atoms with Gasteiger partial charge in [-0.3, -0.25) is 13.7 Å². The first-order valence-corrected chi connectivity index (χ1v) is 30.0. The topological polar surface area (TPSA) is 35.9 Å². The second kappa shape index (κ2) is 21.9. The van der Waals surface area contributed by atoms with E-state index in [1.807, 2.05) is 120 Å². The molecule has 0 amide bonds. The highest BCUT2D eigenvalue weighted by Gasteiger charge is 2.30. The quantitative estimate of drug-likeness (QED) is 0.107. The van der Waals surface area contributed by atoms with Crippen LogP contribution in [0.2, 0.25) is 0 Å². The van der Waals surface area contributed by atoms with E-state index in [0.29, 0.717) is 72.9 Å². The fraction of sp³-hybridized carbons (Fsp3) is 0.0930. The number of pyridine rings is 1. The van der Waals surface area contributed by atoms with Gasteiger partial charge < -0.3 is 4.74 Å². The van der Waals surface area contributed by atoms with E-state index in [1.54, 1.807) is 28.8 Å². The molecule has 5 heteroatoms. The molecule has 1 aliphatic heterocycles. The zero-order valence-corrected chi connectivity index (χ0v) is 50.5. The minimum Gasteiger partial charge on any atom is -0.458 e. The molecule has 5 nitrogen and oxygen atoms in total. The van der Waals surface area contributed by atoms with Crippen LogP contribution in [-0.4, -0.2) is 14.1 Å². The summed E-state index contributed by atoms with van der Waals surface area (Å²) in [6.45, 7) is 12.9. The van der Waals surface area contributed by atoms with Crippen LogP contribution < -0.4 is 9.30 Å². The van der Waals surface area contributed by atoms with E-state index in [-0.39, 0.29) is 33.1 Å². The molecule has 0 saturated carbocycles. The molecule has 4 heterocycles. The smallest absolute Gasteiger partial charge is 0.269 e. The van der Waals surface area contributed by atoms with Crippen LogP contribution in [0.15, 0.2) is 291 Å². The van der Waals surface area contributed by atoms with Gasteiger partial charge in [0, 0.05) is 23.0 Å². The molecular formula is C86H66N4O. The van der Waals surface area contributed by atoms with Crippen molar-refractivity contribution in [2.45, 2.75) is 52.4 Å². The summed E-state index contributed by atoms with van der Waals surface area (Å²) < 4.78 is 180. The number of ether oxygens (including phenoxy) is 1. The van der Waals surface area contributed by atoms with Crippen molar-refractivity contribution < 1.29 is 34.0 Å². The number of nitrogens with zero attached hydrogens (tertiary/aromatic N) is 4. The third kappa shape index (κ3) is 9.82. The van der Waals surface area contributed by atoms with E-state index in [2.05, 4.69) is 94.9 Å². The molecule has 15 aromatic rings. The minimum absolute atomic E-state index is 0.0395. The van der Waals surface area contributed by atoms with Crippen molar-refractivity contribution in [1.82, 2.24) is 14.1 Å². The summed E-state index contributed by atoms with van der Waals surface area (Å²) in [5.74, 6) is 1.62. The lowest BCUT2D eigenvalue weighted by Crippen LogP contribution is -2.32. The predicted octanol–water partition coefficient (Wildman–Crippen LogP) is 22.2. The van der Waals surface area contributed by atoms with Crippen LogP contribution in [0.1, 0.15) is 77.3 Å². The van der Waals surface area contributed by atoms with E-state index in [0.717, 1.165) is 44.3 Å². The lowest BCUT2D eigenvalue weighted by molar-refractivity contribution is -0.570. The first-order chi connectivity index (χ1) is 51.9. The lowest BCUT2D eigenvalue weighted by atomic mass is 9.83. The largest absolute Gasteiger partial charge is 0.458 e. The van der Waals surface area contributed by atoms with Gasteiger partial charge in [0.25, 0.3) is 6.33 Å². The lowest BCUT2D eigenvalue weighted by Gasteiger charge is -2.22. The van der Waals surface area contributed by atoms with E-state index >= 15 is 0 Å².